The highest BCUT2D eigenvalue weighted by Crippen LogP contribution is 2.34. The predicted molar refractivity (Wildman–Crippen MR) is 86.2 cm³/mol. The molecule has 1 aromatic carbocycles. The third-order valence-electron chi connectivity index (χ3n) is 3.84. The van der Waals surface area contributed by atoms with Crippen molar-refractivity contribution < 1.29 is 4.74 Å². The Morgan fingerprint density at radius 1 is 1.15 bits per heavy atom. The average molecular weight is 278 g/mol. The zero-order chi connectivity index (χ0) is 15.0. The second-order valence-corrected chi connectivity index (χ2v) is 5.57. The first-order valence-corrected chi connectivity index (χ1v) is 7.79. The molecular weight excluding hydrogens is 248 g/mol. The van der Waals surface area contributed by atoms with Crippen molar-refractivity contribution in [2.24, 2.45) is 17.4 Å². The van der Waals surface area contributed by atoms with E-state index in [9.17, 15) is 0 Å². The van der Waals surface area contributed by atoms with E-state index >= 15 is 0 Å². The molecule has 1 unspecified atom stereocenters. The summed E-state index contributed by atoms with van der Waals surface area (Å²) in [5, 5.41) is 0. The quantitative estimate of drug-likeness (QED) is 0.729. The van der Waals surface area contributed by atoms with Gasteiger partial charge in [0.05, 0.1) is 6.61 Å². The molecule has 20 heavy (non-hydrogen) atoms. The van der Waals surface area contributed by atoms with Crippen LogP contribution in [0.15, 0.2) is 18.2 Å². The zero-order valence-electron chi connectivity index (χ0n) is 13.2. The fourth-order valence-electron chi connectivity index (χ4n) is 2.53. The molecule has 0 aliphatic heterocycles. The van der Waals surface area contributed by atoms with Gasteiger partial charge in [0.2, 0.25) is 0 Å². The summed E-state index contributed by atoms with van der Waals surface area (Å²) in [5.74, 6) is 1.88. The lowest BCUT2D eigenvalue weighted by molar-refractivity contribution is 0.309. The van der Waals surface area contributed by atoms with Crippen molar-refractivity contribution in [3.63, 3.8) is 0 Å². The summed E-state index contributed by atoms with van der Waals surface area (Å²) in [4.78, 5) is 0. The van der Waals surface area contributed by atoms with E-state index in [0.29, 0.717) is 24.9 Å². The maximum Gasteiger partial charge on any atom is 0.122 e. The van der Waals surface area contributed by atoms with Crippen LogP contribution in [0.25, 0.3) is 0 Å². The van der Waals surface area contributed by atoms with Crippen LogP contribution in [0.1, 0.15) is 50.2 Å². The van der Waals surface area contributed by atoms with Gasteiger partial charge in [-0.15, -0.1) is 0 Å². The molecule has 0 saturated carbocycles. The molecular formula is C17H30N2O. The Labute approximate surface area is 123 Å². The monoisotopic (exact) mass is 278 g/mol. The van der Waals surface area contributed by atoms with Gasteiger partial charge in [0.25, 0.3) is 0 Å². The fraction of sp³-hybridized carbons (Fsp3) is 0.647. The molecule has 0 heterocycles. The smallest absolute Gasteiger partial charge is 0.122 e. The lowest BCUT2D eigenvalue weighted by Crippen LogP contribution is -2.25. The summed E-state index contributed by atoms with van der Waals surface area (Å²) in [6.07, 6.45) is 3.15. The van der Waals surface area contributed by atoms with Crippen LogP contribution in [0, 0.1) is 12.8 Å². The summed E-state index contributed by atoms with van der Waals surface area (Å²) in [6.45, 7) is 8.56. The third kappa shape index (κ3) is 4.80. The van der Waals surface area contributed by atoms with E-state index in [1.165, 1.54) is 11.1 Å². The SMILES string of the molecule is CCCOc1ccc(C)cc1C(CC)CC(CN)CN. The van der Waals surface area contributed by atoms with Gasteiger partial charge in [-0.1, -0.05) is 31.5 Å². The average Bonchev–Trinajstić information content (AvgIpc) is 2.47. The number of ether oxygens (including phenoxy) is 1. The molecule has 1 atom stereocenters. The van der Waals surface area contributed by atoms with Crippen LogP contribution in [0.5, 0.6) is 5.75 Å². The normalized spacial score (nSPS) is 12.7. The second-order valence-electron chi connectivity index (χ2n) is 5.57. The number of nitrogens with two attached hydrogens (primary N) is 2. The topological polar surface area (TPSA) is 61.3 Å². The first-order chi connectivity index (χ1) is 9.65. The van der Waals surface area contributed by atoms with Gasteiger partial charge in [-0.05, 0) is 62.7 Å². The van der Waals surface area contributed by atoms with Crippen LogP contribution in [-0.4, -0.2) is 19.7 Å². The Balaban J connectivity index is 2.96. The van der Waals surface area contributed by atoms with E-state index in [2.05, 4.69) is 39.0 Å². The highest BCUT2D eigenvalue weighted by Gasteiger charge is 2.19. The molecule has 4 N–H and O–H groups in total. The third-order valence-corrected chi connectivity index (χ3v) is 3.84. The highest BCUT2D eigenvalue weighted by molar-refractivity contribution is 5.39. The number of benzene rings is 1. The van der Waals surface area contributed by atoms with Gasteiger partial charge >= 0.3 is 0 Å². The zero-order valence-corrected chi connectivity index (χ0v) is 13.2. The van der Waals surface area contributed by atoms with Crippen molar-refractivity contribution in [3.8, 4) is 5.75 Å². The molecule has 0 amide bonds. The van der Waals surface area contributed by atoms with Gasteiger partial charge in [0.1, 0.15) is 5.75 Å². The molecule has 0 radical (unpaired) electrons. The summed E-state index contributed by atoms with van der Waals surface area (Å²) < 4.78 is 5.91. The molecule has 3 heteroatoms. The van der Waals surface area contributed by atoms with Crippen LogP contribution in [0.3, 0.4) is 0 Å². The Bertz CT molecular complexity index is 389. The lowest BCUT2D eigenvalue weighted by atomic mass is 9.86. The van der Waals surface area contributed by atoms with E-state index in [1.807, 2.05) is 0 Å². The Hall–Kier alpha value is -1.06. The predicted octanol–water partition coefficient (Wildman–Crippen LogP) is 3.20. The van der Waals surface area contributed by atoms with Crippen molar-refractivity contribution in [2.75, 3.05) is 19.7 Å². The minimum atomic E-state index is 0.388. The van der Waals surface area contributed by atoms with Gasteiger partial charge in [0, 0.05) is 0 Å². The van der Waals surface area contributed by atoms with E-state index in [1.54, 1.807) is 0 Å². The van der Waals surface area contributed by atoms with Gasteiger partial charge in [-0.3, -0.25) is 0 Å². The number of rotatable bonds is 9. The lowest BCUT2D eigenvalue weighted by Gasteiger charge is -2.23. The minimum absolute atomic E-state index is 0.388. The molecule has 114 valence electrons. The maximum atomic E-state index is 5.91. The van der Waals surface area contributed by atoms with Gasteiger partial charge < -0.3 is 16.2 Å². The van der Waals surface area contributed by atoms with Crippen molar-refractivity contribution in [3.05, 3.63) is 29.3 Å². The molecule has 0 aromatic heterocycles. The van der Waals surface area contributed by atoms with Crippen molar-refractivity contribution in [1.29, 1.82) is 0 Å². The summed E-state index contributed by atoms with van der Waals surface area (Å²) in [5.41, 5.74) is 14.2. The Morgan fingerprint density at radius 2 is 1.85 bits per heavy atom. The Kier molecular flexibility index (Phi) is 7.63. The molecule has 0 fully saturated rings. The molecule has 0 spiro atoms. The van der Waals surface area contributed by atoms with Gasteiger partial charge in [-0.2, -0.15) is 0 Å². The van der Waals surface area contributed by atoms with E-state index in [0.717, 1.165) is 31.6 Å². The standard InChI is InChI=1S/C17H30N2O/c1-4-8-20-17-7-6-13(3)9-16(17)15(5-2)10-14(11-18)12-19/h6-7,9,14-15H,4-5,8,10-12,18-19H2,1-3H3. The number of aryl methyl sites for hydroxylation is 1. The molecule has 3 nitrogen and oxygen atoms in total. The molecule has 0 saturated heterocycles. The minimum Gasteiger partial charge on any atom is -0.493 e. The van der Waals surface area contributed by atoms with E-state index in [4.69, 9.17) is 16.2 Å². The van der Waals surface area contributed by atoms with Crippen molar-refractivity contribution in [2.45, 2.75) is 46.0 Å². The summed E-state index contributed by atoms with van der Waals surface area (Å²) >= 11 is 0. The van der Waals surface area contributed by atoms with E-state index in [-0.39, 0.29) is 0 Å². The summed E-state index contributed by atoms with van der Waals surface area (Å²) in [6, 6.07) is 6.47. The second kappa shape index (κ2) is 8.98. The molecule has 1 rings (SSSR count). The highest BCUT2D eigenvalue weighted by atomic mass is 16.5. The maximum absolute atomic E-state index is 5.91. The summed E-state index contributed by atoms with van der Waals surface area (Å²) in [7, 11) is 0. The molecule has 0 aliphatic rings. The van der Waals surface area contributed by atoms with Crippen LogP contribution in [0.2, 0.25) is 0 Å². The van der Waals surface area contributed by atoms with Crippen LogP contribution >= 0.6 is 0 Å². The molecule has 1 aromatic rings. The number of hydrogen-bond donors (Lipinski definition) is 2. The van der Waals surface area contributed by atoms with Crippen molar-refractivity contribution in [1.82, 2.24) is 0 Å². The van der Waals surface area contributed by atoms with Crippen molar-refractivity contribution >= 4 is 0 Å². The van der Waals surface area contributed by atoms with Gasteiger partial charge in [0.15, 0.2) is 0 Å². The number of hydrogen-bond acceptors (Lipinski definition) is 3. The molecule has 0 aliphatic carbocycles. The largest absolute Gasteiger partial charge is 0.493 e. The van der Waals surface area contributed by atoms with Gasteiger partial charge in [-0.25, -0.2) is 0 Å². The fourth-order valence-corrected chi connectivity index (χ4v) is 2.53. The van der Waals surface area contributed by atoms with Crippen LogP contribution < -0.4 is 16.2 Å². The van der Waals surface area contributed by atoms with E-state index < -0.39 is 0 Å². The van der Waals surface area contributed by atoms with Crippen LogP contribution in [-0.2, 0) is 0 Å². The first-order valence-electron chi connectivity index (χ1n) is 7.79. The Morgan fingerprint density at radius 3 is 2.40 bits per heavy atom. The first kappa shape index (κ1) is 17.0. The van der Waals surface area contributed by atoms with Crippen LogP contribution in [0.4, 0.5) is 0 Å². The molecule has 0 bridgehead atoms.